The van der Waals surface area contributed by atoms with Crippen LogP contribution in [-0.2, 0) is 4.74 Å². The number of hydrogen-bond acceptors (Lipinski definition) is 4. The molecule has 0 aromatic carbocycles. The predicted octanol–water partition coefficient (Wildman–Crippen LogP) is 2.12. The number of pyridine rings is 1. The van der Waals surface area contributed by atoms with Crippen LogP contribution >= 0.6 is 0 Å². The first-order valence-corrected chi connectivity index (χ1v) is 5.73. The first kappa shape index (κ1) is 13.5. The van der Waals surface area contributed by atoms with E-state index in [1.807, 2.05) is 13.0 Å². The van der Waals surface area contributed by atoms with E-state index in [2.05, 4.69) is 29.8 Å². The van der Waals surface area contributed by atoms with E-state index in [1.54, 1.807) is 13.2 Å². The minimum atomic E-state index is 0.325. The molecule has 1 heterocycles. The van der Waals surface area contributed by atoms with Crippen LogP contribution in [0.3, 0.4) is 0 Å². The molecule has 0 radical (unpaired) electrons. The Kier molecular flexibility index (Phi) is 4.92. The van der Waals surface area contributed by atoms with Gasteiger partial charge in [-0.3, -0.25) is 0 Å². The molecule has 0 atom stereocenters. The molecule has 0 spiro atoms. The van der Waals surface area contributed by atoms with Crippen LogP contribution in [0.5, 0.6) is 0 Å². The van der Waals surface area contributed by atoms with E-state index in [1.165, 1.54) is 0 Å². The number of aromatic nitrogens is 1. The van der Waals surface area contributed by atoms with Gasteiger partial charge in [0.2, 0.25) is 0 Å². The third kappa shape index (κ3) is 3.72. The molecule has 0 aliphatic heterocycles. The summed E-state index contributed by atoms with van der Waals surface area (Å²) in [5.41, 5.74) is 1.51. The average Bonchev–Trinajstić information content (AvgIpc) is 2.28. The van der Waals surface area contributed by atoms with Crippen LogP contribution in [0.1, 0.15) is 25.1 Å². The highest BCUT2D eigenvalue weighted by Gasteiger charge is 2.12. The summed E-state index contributed by atoms with van der Waals surface area (Å²) >= 11 is 0. The van der Waals surface area contributed by atoms with Crippen LogP contribution in [0.2, 0.25) is 0 Å². The average molecular weight is 233 g/mol. The highest BCUT2D eigenvalue weighted by Crippen LogP contribution is 2.16. The number of rotatable bonds is 5. The molecule has 1 aromatic heterocycles. The SMILES string of the molecule is COCCN(c1cc(C#N)cc(C)n1)C(C)C. The van der Waals surface area contributed by atoms with Crippen LogP contribution in [0, 0.1) is 18.3 Å². The maximum absolute atomic E-state index is 8.96. The van der Waals surface area contributed by atoms with Gasteiger partial charge in [0.15, 0.2) is 0 Å². The van der Waals surface area contributed by atoms with Gasteiger partial charge in [0, 0.05) is 25.4 Å². The zero-order valence-electron chi connectivity index (χ0n) is 10.9. The summed E-state index contributed by atoms with van der Waals surface area (Å²) < 4.78 is 5.10. The second kappa shape index (κ2) is 6.21. The van der Waals surface area contributed by atoms with E-state index >= 15 is 0 Å². The quantitative estimate of drug-likeness (QED) is 0.781. The Hall–Kier alpha value is -1.60. The Morgan fingerprint density at radius 1 is 1.47 bits per heavy atom. The molecule has 0 aliphatic rings. The van der Waals surface area contributed by atoms with Gasteiger partial charge in [-0.05, 0) is 32.9 Å². The summed E-state index contributed by atoms with van der Waals surface area (Å²) in [6, 6.07) is 6.10. The van der Waals surface area contributed by atoms with Crippen molar-refractivity contribution in [2.45, 2.75) is 26.8 Å². The van der Waals surface area contributed by atoms with Crippen molar-refractivity contribution in [1.82, 2.24) is 4.98 Å². The summed E-state index contributed by atoms with van der Waals surface area (Å²) in [7, 11) is 1.68. The van der Waals surface area contributed by atoms with E-state index in [-0.39, 0.29) is 0 Å². The summed E-state index contributed by atoms with van der Waals surface area (Å²) in [6.45, 7) is 7.53. The van der Waals surface area contributed by atoms with Crippen molar-refractivity contribution in [2.24, 2.45) is 0 Å². The Bertz CT molecular complexity index is 410. The van der Waals surface area contributed by atoms with Crippen LogP contribution < -0.4 is 4.90 Å². The maximum atomic E-state index is 8.96. The number of hydrogen-bond donors (Lipinski definition) is 0. The molecule has 0 unspecified atom stereocenters. The minimum absolute atomic E-state index is 0.325. The largest absolute Gasteiger partial charge is 0.383 e. The van der Waals surface area contributed by atoms with Gasteiger partial charge in [-0.1, -0.05) is 0 Å². The molecule has 0 aliphatic carbocycles. The number of aryl methyl sites for hydroxylation is 1. The van der Waals surface area contributed by atoms with Gasteiger partial charge in [-0.15, -0.1) is 0 Å². The Morgan fingerprint density at radius 3 is 2.71 bits per heavy atom. The molecule has 0 N–H and O–H groups in total. The van der Waals surface area contributed by atoms with Crippen molar-refractivity contribution in [3.8, 4) is 6.07 Å². The van der Waals surface area contributed by atoms with Crippen molar-refractivity contribution in [1.29, 1.82) is 5.26 Å². The second-order valence-electron chi connectivity index (χ2n) is 4.25. The van der Waals surface area contributed by atoms with Crippen LogP contribution in [0.4, 0.5) is 5.82 Å². The van der Waals surface area contributed by atoms with Gasteiger partial charge >= 0.3 is 0 Å². The molecule has 0 saturated heterocycles. The molecule has 17 heavy (non-hydrogen) atoms. The van der Waals surface area contributed by atoms with E-state index in [9.17, 15) is 0 Å². The summed E-state index contributed by atoms with van der Waals surface area (Å²) in [5, 5.41) is 8.96. The fourth-order valence-corrected chi connectivity index (χ4v) is 1.69. The van der Waals surface area contributed by atoms with Crippen molar-refractivity contribution in [2.75, 3.05) is 25.2 Å². The Balaban J connectivity index is 3.01. The first-order chi connectivity index (χ1) is 8.08. The van der Waals surface area contributed by atoms with Gasteiger partial charge in [0.1, 0.15) is 5.82 Å². The number of nitrogens with zero attached hydrogens (tertiary/aromatic N) is 3. The normalized spacial score (nSPS) is 10.4. The Labute approximate surface area is 103 Å². The predicted molar refractivity (Wildman–Crippen MR) is 68.0 cm³/mol. The lowest BCUT2D eigenvalue weighted by Crippen LogP contribution is -2.34. The van der Waals surface area contributed by atoms with E-state index in [0.29, 0.717) is 18.2 Å². The van der Waals surface area contributed by atoms with Crippen molar-refractivity contribution in [3.05, 3.63) is 23.4 Å². The number of ether oxygens (including phenoxy) is 1. The van der Waals surface area contributed by atoms with Gasteiger partial charge in [-0.25, -0.2) is 4.98 Å². The zero-order chi connectivity index (χ0) is 12.8. The van der Waals surface area contributed by atoms with Crippen LogP contribution in [0.25, 0.3) is 0 Å². The second-order valence-corrected chi connectivity index (χ2v) is 4.25. The topological polar surface area (TPSA) is 49.1 Å². The molecule has 0 saturated carbocycles. The molecule has 1 rings (SSSR count). The van der Waals surface area contributed by atoms with Crippen molar-refractivity contribution < 1.29 is 4.74 Å². The highest BCUT2D eigenvalue weighted by atomic mass is 16.5. The maximum Gasteiger partial charge on any atom is 0.130 e. The van der Waals surface area contributed by atoms with Gasteiger partial charge in [0.05, 0.1) is 18.2 Å². The van der Waals surface area contributed by atoms with Gasteiger partial charge in [0.25, 0.3) is 0 Å². The fourth-order valence-electron chi connectivity index (χ4n) is 1.69. The number of methoxy groups -OCH3 is 1. The van der Waals surface area contributed by atoms with Gasteiger partial charge < -0.3 is 9.64 Å². The zero-order valence-corrected chi connectivity index (χ0v) is 10.9. The smallest absolute Gasteiger partial charge is 0.130 e. The summed E-state index contributed by atoms with van der Waals surface area (Å²) in [4.78, 5) is 6.61. The van der Waals surface area contributed by atoms with E-state index in [0.717, 1.165) is 18.1 Å². The van der Waals surface area contributed by atoms with Gasteiger partial charge in [-0.2, -0.15) is 5.26 Å². The first-order valence-electron chi connectivity index (χ1n) is 5.73. The molecular weight excluding hydrogens is 214 g/mol. The van der Waals surface area contributed by atoms with E-state index in [4.69, 9.17) is 10.00 Å². The third-order valence-electron chi connectivity index (χ3n) is 2.52. The molecular formula is C13H19N3O. The third-order valence-corrected chi connectivity index (χ3v) is 2.52. The van der Waals surface area contributed by atoms with Crippen molar-refractivity contribution in [3.63, 3.8) is 0 Å². The molecule has 4 nitrogen and oxygen atoms in total. The molecule has 1 aromatic rings. The molecule has 0 bridgehead atoms. The molecule has 92 valence electrons. The lowest BCUT2D eigenvalue weighted by atomic mass is 10.2. The fraction of sp³-hybridized carbons (Fsp3) is 0.538. The number of anilines is 1. The van der Waals surface area contributed by atoms with Crippen LogP contribution in [0.15, 0.2) is 12.1 Å². The van der Waals surface area contributed by atoms with Crippen molar-refractivity contribution >= 4 is 5.82 Å². The minimum Gasteiger partial charge on any atom is -0.383 e. The highest BCUT2D eigenvalue weighted by molar-refractivity contribution is 5.47. The number of nitriles is 1. The molecule has 0 fully saturated rings. The Morgan fingerprint density at radius 2 is 2.18 bits per heavy atom. The summed E-state index contributed by atoms with van der Waals surface area (Å²) in [5.74, 6) is 0.841. The van der Waals surface area contributed by atoms with E-state index < -0.39 is 0 Å². The standard InChI is InChI=1S/C13H19N3O/c1-10(2)16(5-6-17-4)13-8-12(9-14)7-11(3)15-13/h7-8,10H,5-6H2,1-4H3. The summed E-state index contributed by atoms with van der Waals surface area (Å²) in [6.07, 6.45) is 0. The monoisotopic (exact) mass is 233 g/mol. The molecule has 0 amide bonds. The lowest BCUT2D eigenvalue weighted by molar-refractivity contribution is 0.203. The molecule has 4 heteroatoms. The lowest BCUT2D eigenvalue weighted by Gasteiger charge is -2.27. The van der Waals surface area contributed by atoms with Crippen LogP contribution in [-0.4, -0.2) is 31.3 Å².